The van der Waals surface area contributed by atoms with Gasteiger partial charge < -0.3 is 9.64 Å². The molecule has 0 saturated carbocycles. The first kappa shape index (κ1) is 15.8. The molecule has 0 N–H and O–H groups in total. The molecule has 2 heterocycles. The number of nitro groups is 1. The second-order valence-corrected chi connectivity index (χ2v) is 7.02. The maximum absolute atomic E-state index is 10.8. The summed E-state index contributed by atoms with van der Waals surface area (Å²) in [6.45, 7) is 5.95. The van der Waals surface area contributed by atoms with Crippen molar-refractivity contribution in [2.45, 2.75) is 25.0 Å². The maximum atomic E-state index is 10.8. The van der Waals surface area contributed by atoms with Crippen LogP contribution in [0.1, 0.15) is 25.0 Å². The Hall–Kier alpha value is -2.66. The van der Waals surface area contributed by atoms with Gasteiger partial charge in [0, 0.05) is 29.8 Å². The highest BCUT2D eigenvalue weighted by molar-refractivity contribution is 5.69. The maximum Gasteiger partial charge on any atom is 0.269 e. The van der Waals surface area contributed by atoms with E-state index in [1.807, 2.05) is 6.08 Å². The van der Waals surface area contributed by atoms with Crippen molar-refractivity contribution < 1.29 is 9.66 Å². The molecule has 0 bridgehead atoms. The third-order valence-corrected chi connectivity index (χ3v) is 5.41. The minimum atomic E-state index is -0.529. The number of para-hydroxylation sites is 1. The normalized spacial score (nSPS) is 23.7. The van der Waals surface area contributed by atoms with E-state index in [1.165, 1.54) is 23.4 Å². The Morgan fingerprint density at radius 1 is 1.16 bits per heavy atom. The molecule has 1 saturated heterocycles. The molecule has 1 unspecified atom stereocenters. The molecule has 128 valence electrons. The molecule has 2 aliphatic heterocycles. The lowest BCUT2D eigenvalue weighted by atomic mass is 9.77. The molecule has 2 aromatic rings. The molecule has 0 radical (unpaired) electrons. The van der Waals surface area contributed by atoms with Crippen molar-refractivity contribution in [1.29, 1.82) is 0 Å². The molecule has 0 aliphatic carbocycles. The van der Waals surface area contributed by atoms with E-state index in [4.69, 9.17) is 4.74 Å². The van der Waals surface area contributed by atoms with E-state index in [0.717, 1.165) is 12.1 Å². The zero-order chi connectivity index (χ0) is 17.7. The van der Waals surface area contributed by atoms with E-state index in [0.29, 0.717) is 6.61 Å². The third kappa shape index (κ3) is 2.19. The molecule has 0 aromatic heterocycles. The number of fused-ring (bicyclic) bond motifs is 3. The van der Waals surface area contributed by atoms with Crippen molar-refractivity contribution >= 4 is 17.5 Å². The Bertz CT molecular complexity index is 857. The summed E-state index contributed by atoms with van der Waals surface area (Å²) in [4.78, 5) is 12.7. The number of anilines is 1. The van der Waals surface area contributed by atoms with E-state index >= 15 is 0 Å². The Morgan fingerprint density at radius 3 is 2.60 bits per heavy atom. The van der Waals surface area contributed by atoms with Gasteiger partial charge in [0.05, 0.1) is 11.5 Å². The predicted octanol–water partition coefficient (Wildman–Crippen LogP) is 4.13. The lowest BCUT2D eigenvalue weighted by molar-refractivity contribution is -0.384. The van der Waals surface area contributed by atoms with Gasteiger partial charge in [-0.25, -0.2) is 0 Å². The van der Waals surface area contributed by atoms with E-state index in [-0.39, 0.29) is 16.0 Å². The van der Waals surface area contributed by atoms with Gasteiger partial charge in [0.1, 0.15) is 0 Å². The Balaban J connectivity index is 1.72. The Kier molecular flexibility index (Phi) is 3.44. The summed E-state index contributed by atoms with van der Waals surface area (Å²) in [5.41, 5.74) is 2.79. The van der Waals surface area contributed by atoms with Crippen molar-refractivity contribution in [3.63, 3.8) is 0 Å². The van der Waals surface area contributed by atoms with Crippen LogP contribution in [0.4, 0.5) is 11.4 Å². The number of non-ortho nitro benzene ring substituents is 1. The van der Waals surface area contributed by atoms with Gasteiger partial charge in [-0.15, -0.1) is 0 Å². The van der Waals surface area contributed by atoms with Crippen LogP contribution in [0.5, 0.6) is 0 Å². The highest BCUT2D eigenvalue weighted by atomic mass is 16.6. The van der Waals surface area contributed by atoms with Crippen LogP contribution >= 0.6 is 0 Å². The van der Waals surface area contributed by atoms with Crippen molar-refractivity contribution in [3.05, 3.63) is 75.8 Å². The van der Waals surface area contributed by atoms with Crippen LogP contribution in [0.25, 0.3) is 6.08 Å². The minimum Gasteiger partial charge on any atom is -0.349 e. The Labute approximate surface area is 146 Å². The van der Waals surface area contributed by atoms with Crippen molar-refractivity contribution in [1.82, 2.24) is 0 Å². The number of nitrogens with zero attached hydrogens (tertiary/aromatic N) is 2. The quantitative estimate of drug-likeness (QED) is 0.624. The summed E-state index contributed by atoms with van der Waals surface area (Å²) < 4.78 is 6.28. The van der Waals surface area contributed by atoms with E-state index in [9.17, 15) is 10.1 Å². The topological polar surface area (TPSA) is 55.6 Å². The van der Waals surface area contributed by atoms with Gasteiger partial charge in [-0.05, 0) is 35.4 Å². The molecule has 5 heteroatoms. The highest BCUT2D eigenvalue weighted by Crippen LogP contribution is 2.54. The summed E-state index contributed by atoms with van der Waals surface area (Å²) in [6.07, 6.45) is 4.09. The second-order valence-electron chi connectivity index (χ2n) is 7.02. The van der Waals surface area contributed by atoms with E-state index < -0.39 is 5.72 Å². The SMILES string of the molecule is CC1(C)c2ccccc2N2CCOC21C=Cc1ccc([N+](=O)[O-])cc1. The van der Waals surface area contributed by atoms with Crippen LogP contribution in [-0.2, 0) is 10.2 Å². The van der Waals surface area contributed by atoms with Gasteiger partial charge in [0.15, 0.2) is 5.72 Å². The number of ether oxygens (including phenoxy) is 1. The van der Waals surface area contributed by atoms with Gasteiger partial charge in [-0.3, -0.25) is 10.1 Å². The number of hydrogen-bond donors (Lipinski definition) is 0. The van der Waals surface area contributed by atoms with Gasteiger partial charge in [0.25, 0.3) is 5.69 Å². The van der Waals surface area contributed by atoms with Gasteiger partial charge in [-0.2, -0.15) is 0 Å². The minimum absolute atomic E-state index is 0.0997. The fourth-order valence-electron chi connectivity index (χ4n) is 4.05. The summed E-state index contributed by atoms with van der Waals surface area (Å²) in [7, 11) is 0. The molecule has 5 nitrogen and oxygen atoms in total. The molecule has 1 atom stereocenters. The summed E-state index contributed by atoms with van der Waals surface area (Å²) in [5.74, 6) is 0. The summed E-state index contributed by atoms with van der Waals surface area (Å²) in [6, 6.07) is 15.0. The summed E-state index contributed by atoms with van der Waals surface area (Å²) in [5, 5.41) is 10.8. The molecule has 2 aliphatic rings. The summed E-state index contributed by atoms with van der Waals surface area (Å²) >= 11 is 0. The van der Waals surface area contributed by atoms with Crippen molar-refractivity contribution in [2.75, 3.05) is 18.1 Å². The number of hydrogen-bond acceptors (Lipinski definition) is 4. The molecule has 0 spiro atoms. The Morgan fingerprint density at radius 2 is 1.88 bits per heavy atom. The third-order valence-electron chi connectivity index (χ3n) is 5.41. The van der Waals surface area contributed by atoms with Gasteiger partial charge in [-0.1, -0.05) is 38.1 Å². The standard InChI is InChI=1S/C20H20N2O3/c1-19(2)17-5-3-4-6-18(17)21-13-14-25-20(19,21)12-11-15-7-9-16(10-8-15)22(23)24/h3-12H,13-14H2,1-2H3. The molecular weight excluding hydrogens is 316 g/mol. The zero-order valence-corrected chi connectivity index (χ0v) is 14.3. The van der Waals surface area contributed by atoms with Gasteiger partial charge in [0.2, 0.25) is 0 Å². The number of rotatable bonds is 3. The highest BCUT2D eigenvalue weighted by Gasteiger charge is 2.58. The van der Waals surface area contributed by atoms with Crippen LogP contribution < -0.4 is 4.90 Å². The molecule has 25 heavy (non-hydrogen) atoms. The van der Waals surface area contributed by atoms with Crippen LogP contribution in [-0.4, -0.2) is 23.8 Å². The second kappa shape index (κ2) is 5.43. The lowest BCUT2D eigenvalue weighted by Gasteiger charge is -2.39. The predicted molar refractivity (Wildman–Crippen MR) is 97.6 cm³/mol. The largest absolute Gasteiger partial charge is 0.349 e. The monoisotopic (exact) mass is 336 g/mol. The first-order valence-electron chi connectivity index (χ1n) is 8.40. The lowest BCUT2D eigenvalue weighted by Crippen LogP contribution is -2.51. The fraction of sp³-hybridized carbons (Fsp3) is 0.300. The van der Waals surface area contributed by atoms with Crippen molar-refractivity contribution in [3.8, 4) is 0 Å². The van der Waals surface area contributed by atoms with Crippen LogP contribution in [0, 0.1) is 10.1 Å². The smallest absolute Gasteiger partial charge is 0.269 e. The van der Waals surface area contributed by atoms with Gasteiger partial charge >= 0.3 is 0 Å². The van der Waals surface area contributed by atoms with Crippen LogP contribution in [0.15, 0.2) is 54.6 Å². The van der Waals surface area contributed by atoms with E-state index in [2.05, 4.69) is 49.1 Å². The van der Waals surface area contributed by atoms with Crippen LogP contribution in [0.3, 0.4) is 0 Å². The average Bonchev–Trinajstić information content (AvgIpc) is 3.12. The molecule has 0 amide bonds. The molecule has 4 rings (SSSR count). The number of nitro benzene ring substituents is 1. The first-order valence-corrected chi connectivity index (χ1v) is 8.40. The van der Waals surface area contributed by atoms with Crippen LogP contribution in [0.2, 0.25) is 0 Å². The fourth-order valence-corrected chi connectivity index (χ4v) is 4.05. The van der Waals surface area contributed by atoms with Crippen molar-refractivity contribution in [2.24, 2.45) is 0 Å². The molecule has 2 aromatic carbocycles. The average molecular weight is 336 g/mol. The van der Waals surface area contributed by atoms with E-state index in [1.54, 1.807) is 12.1 Å². The molecule has 1 fully saturated rings. The number of benzene rings is 2. The first-order chi connectivity index (χ1) is 12.0. The zero-order valence-electron chi connectivity index (χ0n) is 14.3. The molecular formula is C20H20N2O3.